The van der Waals surface area contributed by atoms with Crippen molar-refractivity contribution in [3.8, 4) is 11.5 Å². The number of thioether (sulfide) groups is 1. The van der Waals surface area contributed by atoms with Gasteiger partial charge in [-0.2, -0.15) is 0 Å². The zero-order chi connectivity index (χ0) is 8.39. The molecule has 0 bridgehead atoms. The van der Waals surface area contributed by atoms with Crippen molar-refractivity contribution in [1.29, 1.82) is 0 Å². The summed E-state index contributed by atoms with van der Waals surface area (Å²) in [7, 11) is 0. The summed E-state index contributed by atoms with van der Waals surface area (Å²) in [6, 6.07) is 3.78. The van der Waals surface area contributed by atoms with Crippen LogP contribution in [0.5, 0.6) is 0 Å². The molecule has 2 rings (SSSR count). The van der Waals surface area contributed by atoms with Crippen LogP contribution in [-0.2, 0) is 0 Å². The molecule has 0 amide bonds. The van der Waals surface area contributed by atoms with E-state index in [4.69, 9.17) is 4.42 Å². The van der Waals surface area contributed by atoms with E-state index in [-0.39, 0.29) is 0 Å². The number of nitrogens with zero attached hydrogens (tertiary/aromatic N) is 1. The fraction of sp³-hybridized carbons (Fsp3) is 0.125. The quantitative estimate of drug-likeness (QED) is 0.692. The molecule has 2 heterocycles. The molecule has 0 atom stereocenters. The Morgan fingerprint density at radius 2 is 2.50 bits per heavy atom. The van der Waals surface area contributed by atoms with Gasteiger partial charge in [-0.25, -0.2) is 4.98 Å². The summed E-state index contributed by atoms with van der Waals surface area (Å²) in [4.78, 5) is 4.36. The molecule has 0 N–H and O–H groups in total. The Bertz CT molecular complexity index is 353. The van der Waals surface area contributed by atoms with Crippen molar-refractivity contribution >= 4 is 23.1 Å². The summed E-state index contributed by atoms with van der Waals surface area (Å²) in [5, 5.41) is 2.00. The Balaban J connectivity index is 2.35. The molecule has 0 unspecified atom stereocenters. The van der Waals surface area contributed by atoms with Crippen LogP contribution in [0.3, 0.4) is 0 Å². The molecule has 0 aliphatic heterocycles. The first kappa shape index (κ1) is 7.89. The molecule has 2 nitrogen and oxygen atoms in total. The third-order valence-corrected chi connectivity index (χ3v) is 3.29. The maximum absolute atomic E-state index is 5.21. The zero-order valence-electron chi connectivity index (χ0n) is 6.48. The SMILES string of the molecule is CSc1nc(-c2ccco2)cs1. The highest BCUT2D eigenvalue weighted by molar-refractivity contribution is 8.00. The highest BCUT2D eigenvalue weighted by atomic mass is 32.2. The minimum atomic E-state index is 0.839. The van der Waals surface area contributed by atoms with Crippen LogP contribution in [0.15, 0.2) is 32.5 Å². The zero-order valence-corrected chi connectivity index (χ0v) is 8.11. The van der Waals surface area contributed by atoms with E-state index in [0.717, 1.165) is 15.8 Å². The number of hydrogen-bond donors (Lipinski definition) is 0. The van der Waals surface area contributed by atoms with Gasteiger partial charge in [-0.15, -0.1) is 11.3 Å². The number of aromatic nitrogens is 1. The van der Waals surface area contributed by atoms with Gasteiger partial charge >= 0.3 is 0 Å². The van der Waals surface area contributed by atoms with Gasteiger partial charge in [0, 0.05) is 5.38 Å². The normalized spacial score (nSPS) is 10.4. The van der Waals surface area contributed by atoms with Crippen LogP contribution in [-0.4, -0.2) is 11.2 Å². The summed E-state index contributed by atoms with van der Waals surface area (Å²) >= 11 is 3.29. The third kappa shape index (κ3) is 1.40. The Labute approximate surface area is 78.6 Å². The maximum Gasteiger partial charge on any atom is 0.153 e. The van der Waals surface area contributed by atoms with Gasteiger partial charge in [0.25, 0.3) is 0 Å². The molecule has 0 aromatic carbocycles. The van der Waals surface area contributed by atoms with Crippen LogP contribution in [0.2, 0.25) is 0 Å². The van der Waals surface area contributed by atoms with E-state index in [9.17, 15) is 0 Å². The molecule has 0 saturated carbocycles. The lowest BCUT2D eigenvalue weighted by molar-refractivity contribution is 0.580. The van der Waals surface area contributed by atoms with Gasteiger partial charge in [0.1, 0.15) is 10.0 Å². The minimum Gasteiger partial charge on any atom is -0.463 e. The fourth-order valence-electron chi connectivity index (χ4n) is 0.889. The Kier molecular flexibility index (Phi) is 2.19. The maximum atomic E-state index is 5.21. The minimum absolute atomic E-state index is 0.839. The van der Waals surface area contributed by atoms with Crippen LogP contribution in [0.4, 0.5) is 0 Å². The molecule has 2 aromatic rings. The van der Waals surface area contributed by atoms with E-state index in [1.165, 1.54) is 0 Å². The summed E-state index contributed by atoms with van der Waals surface area (Å²) in [5.41, 5.74) is 0.925. The molecule has 4 heteroatoms. The molecule has 0 aliphatic carbocycles. The fourth-order valence-corrected chi connectivity index (χ4v) is 2.14. The number of hydrogen-bond acceptors (Lipinski definition) is 4. The summed E-state index contributed by atoms with van der Waals surface area (Å²) in [5.74, 6) is 0.839. The van der Waals surface area contributed by atoms with Crippen molar-refractivity contribution in [2.75, 3.05) is 6.26 Å². The van der Waals surface area contributed by atoms with Gasteiger partial charge in [0.2, 0.25) is 0 Å². The van der Waals surface area contributed by atoms with Crippen molar-refractivity contribution in [2.24, 2.45) is 0 Å². The molecular formula is C8H7NOS2. The first-order chi connectivity index (χ1) is 5.90. The van der Waals surface area contributed by atoms with Crippen molar-refractivity contribution in [1.82, 2.24) is 4.98 Å². The van der Waals surface area contributed by atoms with Crippen molar-refractivity contribution in [3.63, 3.8) is 0 Å². The smallest absolute Gasteiger partial charge is 0.153 e. The second-order valence-electron chi connectivity index (χ2n) is 2.18. The molecule has 0 fully saturated rings. The van der Waals surface area contributed by atoms with Gasteiger partial charge in [-0.05, 0) is 18.4 Å². The van der Waals surface area contributed by atoms with Gasteiger partial charge in [0.15, 0.2) is 5.76 Å². The number of furan rings is 1. The first-order valence-corrected chi connectivity index (χ1v) is 5.54. The molecular weight excluding hydrogens is 190 g/mol. The van der Waals surface area contributed by atoms with E-state index in [0.29, 0.717) is 0 Å². The molecule has 0 spiro atoms. The van der Waals surface area contributed by atoms with E-state index >= 15 is 0 Å². The van der Waals surface area contributed by atoms with Crippen molar-refractivity contribution in [3.05, 3.63) is 23.8 Å². The van der Waals surface area contributed by atoms with Crippen LogP contribution >= 0.6 is 23.1 Å². The Morgan fingerprint density at radius 3 is 3.08 bits per heavy atom. The standard InChI is InChI=1S/C8H7NOS2/c1-11-8-9-6(5-12-8)7-3-2-4-10-7/h2-5H,1H3. The van der Waals surface area contributed by atoms with E-state index in [1.807, 2.05) is 23.8 Å². The summed E-state index contributed by atoms with van der Waals surface area (Å²) < 4.78 is 6.28. The molecule has 2 aromatic heterocycles. The van der Waals surface area contributed by atoms with E-state index < -0.39 is 0 Å². The molecule has 12 heavy (non-hydrogen) atoms. The lowest BCUT2D eigenvalue weighted by Gasteiger charge is -1.86. The Morgan fingerprint density at radius 1 is 1.58 bits per heavy atom. The van der Waals surface area contributed by atoms with Crippen LogP contribution < -0.4 is 0 Å². The van der Waals surface area contributed by atoms with E-state index in [1.54, 1.807) is 29.4 Å². The van der Waals surface area contributed by atoms with E-state index in [2.05, 4.69) is 4.98 Å². The van der Waals surface area contributed by atoms with Crippen LogP contribution in [0.1, 0.15) is 0 Å². The van der Waals surface area contributed by atoms with Crippen molar-refractivity contribution < 1.29 is 4.42 Å². The largest absolute Gasteiger partial charge is 0.463 e. The molecule has 0 aliphatic rings. The topological polar surface area (TPSA) is 26.0 Å². The lowest BCUT2D eigenvalue weighted by atomic mass is 10.4. The number of rotatable bonds is 2. The van der Waals surface area contributed by atoms with Gasteiger partial charge in [-0.1, -0.05) is 11.8 Å². The van der Waals surface area contributed by atoms with Crippen LogP contribution in [0.25, 0.3) is 11.5 Å². The summed E-state index contributed by atoms with van der Waals surface area (Å²) in [6.07, 6.45) is 3.68. The monoisotopic (exact) mass is 197 g/mol. The molecule has 0 saturated heterocycles. The van der Waals surface area contributed by atoms with Gasteiger partial charge < -0.3 is 4.42 Å². The van der Waals surface area contributed by atoms with Crippen molar-refractivity contribution in [2.45, 2.75) is 4.34 Å². The number of thiazole rings is 1. The first-order valence-electron chi connectivity index (χ1n) is 3.43. The lowest BCUT2D eigenvalue weighted by Crippen LogP contribution is -1.71. The van der Waals surface area contributed by atoms with Crippen LogP contribution in [0, 0.1) is 0 Å². The highest BCUT2D eigenvalue weighted by Crippen LogP contribution is 2.26. The van der Waals surface area contributed by atoms with Gasteiger partial charge in [0.05, 0.1) is 6.26 Å². The highest BCUT2D eigenvalue weighted by Gasteiger charge is 2.04. The second kappa shape index (κ2) is 3.33. The van der Waals surface area contributed by atoms with Gasteiger partial charge in [-0.3, -0.25) is 0 Å². The average molecular weight is 197 g/mol. The molecule has 0 radical (unpaired) electrons. The third-order valence-electron chi connectivity index (χ3n) is 1.43. The summed E-state index contributed by atoms with van der Waals surface area (Å²) in [6.45, 7) is 0. The average Bonchev–Trinajstić information content (AvgIpc) is 2.75. The molecule has 62 valence electrons. The second-order valence-corrected chi connectivity index (χ2v) is 4.09. The Hall–Kier alpha value is -0.740. The predicted molar refractivity (Wildman–Crippen MR) is 51.6 cm³/mol. The predicted octanol–water partition coefficient (Wildman–Crippen LogP) is 3.13.